The van der Waals surface area contributed by atoms with E-state index in [-0.39, 0.29) is 6.61 Å². The minimum atomic E-state index is -0.0873. The van der Waals surface area contributed by atoms with E-state index in [1.54, 1.807) is 17.4 Å². The van der Waals surface area contributed by atoms with Gasteiger partial charge in [-0.2, -0.15) is 0 Å². The Bertz CT molecular complexity index is 410. The van der Waals surface area contributed by atoms with Gasteiger partial charge in [-0.1, -0.05) is 5.16 Å². The first kappa shape index (κ1) is 8.93. The van der Waals surface area contributed by atoms with Crippen molar-refractivity contribution in [3.05, 3.63) is 27.7 Å². The predicted molar refractivity (Wildman–Crippen MR) is 53.4 cm³/mol. The summed E-state index contributed by atoms with van der Waals surface area (Å²) >= 11 is 4.93. The highest BCUT2D eigenvalue weighted by Gasteiger charge is 2.07. The topological polar surface area (TPSA) is 46.3 Å². The van der Waals surface area contributed by atoms with Gasteiger partial charge in [0.1, 0.15) is 5.69 Å². The van der Waals surface area contributed by atoms with Crippen molar-refractivity contribution in [2.75, 3.05) is 0 Å². The van der Waals surface area contributed by atoms with Crippen molar-refractivity contribution < 1.29 is 9.63 Å². The summed E-state index contributed by atoms with van der Waals surface area (Å²) in [5.41, 5.74) is 0.555. The summed E-state index contributed by atoms with van der Waals surface area (Å²) in [7, 11) is 0. The Balaban J connectivity index is 2.35. The molecule has 1 N–H and O–H groups in total. The summed E-state index contributed by atoms with van der Waals surface area (Å²) in [6.45, 7) is -0.0873. The second-order valence-electron chi connectivity index (χ2n) is 2.44. The van der Waals surface area contributed by atoms with E-state index in [4.69, 9.17) is 9.63 Å². The van der Waals surface area contributed by atoms with Gasteiger partial charge in [-0.3, -0.25) is 0 Å². The second kappa shape index (κ2) is 3.61. The van der Waals surface area contributed by atoms with Crippen LogP contribution in [-0.4, -0.2) is 10.3 Å². The van der Waals surface area contributed by atoms with Gasteiger partial charge in [-0.15, -0.1) is 11.3 Å². The molecule has 0 fully saturated rings. The molecule has 2 aromatic heterocycles. The van der Waals surface area contributed by atoms with Gasteiger partial charge >= 0.3 is 0 Å². The van der Waals surface area contributed by atoms with Crippen molar-refractivity contribution in [3.63, 3.8) is 0 Å². The van der Waals surface area contributed by atoms with Crippen molar-refractivity contribution in [1.82, 2.24) is 5.16 Å². The largest absolute Gasteiger partial charge is 0.390 e. The number of thiophene rings is 1. The zero-order chi connectivity index (χ0) is 9.26. The molecule has 0 aliphatic heterocycles. The number of hydrogen-bond donors (Lipinski definition) is 1. The van der Waals surface area contributed by atoms with E-state index < -0.39 is 0 Å². The van der Waals surface area contributed by atoms with Crippen LogP contribution in [0.2, 0.25) is 0 Å². The van der Waals surface area contributed by atoms with Crippen LogP contribution in [0.4, 0.5) is 0 Å². The third-order valence-electron chi connectivity index (χ3n) is 1.54. The number of nitrogens with zero attached hydrogens (tertiary/aromatic N) is 1. The molecule has 0 aromatic carbocycles. The molecular weight excluding hydrogens is 254 g/mol. The molecular formula is C8H6BrNO2S. The van der Waals surface area contributed by atoms with Crippen LogP contribution < -0.4 is 0 Å². The number of halogens is 1. The van der Waals surface area contributed by atoms with Gasteiger partial charge in [0.25, 0.3) is 0 Å². The van der Waals surface area contributed by atoms with Crippen molar-refractivity contribution in [2.45, 2.75) is 6.61 Å². The van der Waals surface area contributed by atoms with Crippen LogP contribution in [0.3, 0.4) is 0 Å². The zero-order valence-electron chi connectivity index (χ0n) is 6.53. The van der Waals surface area contributed by atoms with Gasteiger partial charge in [-0.25, -0.2) is 0 Å². The monoisotopic (exact) mass is 259 g/mol. The van der Waals surface area contributed by atoms with E-state index in [2.05, 4.69) is 21.1 Å². The molecule has 0 unspecified atom stereocenters. The molecule has 5 heteroatoms. The van der Waals surface area contributed by atoms with Crippen LogP contribution in [0.1, 0.15) is 5.69 Å². The fourth-order valence-electron chi connectivity index (χ4n) is 0.949. The summed E-state index contributed by atoms with van der Waals surface area (Å²) in [5, 5.41) is 12.5. The van der Waals surface area contributed by atoms with E-state index in [0.29, 0.717) is 11.5 Å². The number of rotatable bonds is 2. The van der Waals surface area contributed by atoms with Gasteiger partial charge < -0.3 is 9.63 Å². The van der Waals surface area contributed by atoms with E-state index in [1.165, 1.54) is 0 Å². The average molecular weight is 260 g/mol. The summed E-state index contributed by atoms with van der Waals surface area (Å²) < 4.78 is 6.08. The molecule has 13 heavy (non-hydrogen) atoms. The second-order valence-corrected chi connectivity index (χ2v) is 4.91. The number of aliphatic hydroxyl groups is 1. The van der Waals surface area contributed by atoms with Crippen LogP contribution in [0.15, 0.2) is 26.5 Å². The molecule has 0 aliphatic carbocycles. The van der Waals surface area contributed by atoms with Crippen LogP contribution in [-0.2, 0) is 6.61 Å². The molecule has 0 radical (unpaired) electrons. The Labute approximate surface area is 87.1 Å². The molecule has 0 atom stereocenters. The number of aromatic nitrogens is 1. The number of aliphatic hydroxyl groups excluding tert-OH is 1. The standard InChI is InChI=1S/C8H6BrNO2S/c9-8-2-1-7(13-8)6-3-5(4-11)10-12-6/h1-3,11H,4H2. The fourth-order valence-corrected chi connectivity index (χ4v) is 2.28. The Morgan fingerprint density at radius 1 is 1.54 bits per heavy atom. The summed E-state index contributed by atoms with van der Waals surface area (Å²) in [6.07, 6.45) is 0. The first-order chi connectivity index (χ1) is 6.29. The lowest BCUT2D eigenvalue weighted by Crippen LogP contribution is -1.78. The van der Waals surface area contributed by atoms with Crippen LogP contribution in [0.25, 0.3) is 10.6 Å². The molecule has 0 bridgehead atoms. The van der Waals surface area contributed by atoms with Crippen molar-refractivity contribution in [2.24, 2.45) is 0 Å². The maximum absolute atomic E-state index is 8.77. The van der Waals surface area contributed by atoms with Gasteiger partial charge in [0.15, 0.2) is 5.76 Å². The molecule has 0 aliphatic rings. The molecule has 3 nitrogen and oxygen atoms in total. The zero-order valence-corrected chi connectivity index (χ0v) is 8.93. The molecule has 2 heterocycles. The molecule has 0 spiro atoms. The summed E-state index contributed by atoms with van der Waals surface area (Å²) in [4.78, 5) is 0.999. The molecule has 0 saturated heterocycles. The Kier molecular flexibility index (Phi) is 2.48. The maximum atomic E-state index is 8.77. The Morgan fingerprint density at radius 2 is 2.38 bits per heavy atom. The maximum Gasteiger partial charge on any atom is 0.177 e. The minimum absolute atomic E-state index is 0.0873. The number of hydrogen-bond acceptors (Lipinski definition) is 4. The van der Waals surface area contributed by atoms with Crippen molar-refractivity contribution in [3.8, 4) is 10.6 Å². The van der Waals surface area contributed by atoms with Gasteiger partial charge in [0.05, 0.1) is 15.3 Å². The minimum Gasteiger partial charge on any atom is -0.390 e. The average Bonchev–Trinajstić information content (AvgIpc) is 2.71. The third kappa shape index (κ3) is 1.82. The highest BCUT2D eigenvalue weighted by molar-refractivity contribution is 9.11. The lowest BCUT2D eigenvalue weighted by molar-refractivity contribution is 0.267. The van der Waals surface area contributed by atoms with Crippen molar-refractivity contribution >= 4 is 27.3 Å². The molecule has 0 amide bonds. The first-order valence-corrected chi connectivity index (χ1v) is 5.22. The quantitative estimate of drug-likeness (QED) is 0.902. The van der Waals surface area contributed by atoms with E-state index in [0.717, 1.165) is 8.66 Å². The fraction of sp³-hybridized carbons (Fsp3) is 0.125. The van der Waals surface area contributed by atoms with E-state index in [9.17, 15) is 0 Å². The van der Waals surface area contributed by atoms with Crippen LogP contribution >= 0.6 is 27.3 Å². The Hall–Kier alpha value is -0.650. The van der Waals surface area contributed by atoms with Crippen LogP contribution in [0.5, 0.6) is 0 Å². The van der Waals surface area contributed by atoms with E-state index in [1.807, 2.05) is 12.1 Å². The lowest BCUT2D eigenvalue weighted by atomic mass is 10.3. The van der Waals surface area contributed by atoms with E-state index >= 15 is 0 Å². The highest BCUT2D eigenvalue weighted by atomic mass is 79.9. The third-order valence-corrected chi connectivity index (χ3v) is 3.18. The molecule has 2 rings (SSSR count). The summed E-state index contributed by atoms with van der Waals surface area (Å²) in [5.74, 6) is 0.694. The first-order valence-electron chi connectivity index (χ1n) is 3.62. The van der Waals surface area contributed by atoms with Gasteiger partial charge in [0, 0.05) is 6.07 Å². The van der Waals surface area contributed by atoms with Gasteiger partial charge in [0.2, 0.25) is 0 Å². The van der Waals surface area contributed by atoms with Gasteiger partial charge in [-0.05, 0) is 28.1 Å². The summed E-state index contributed by atoms with van der Waals surface area (Å²) in [6, 6.07) is 5.62. The molecule has 2 aromatic rings. The Morgan fingerprint density at radius 3 is 2.92 bits per heavy atom. The highest BCUT2D eigenvalue weighted by Crippen LogP contribution is 2.31. The smallest absolute Gasteiger partial charge is 0.177 e. The van der Waals surface area contributed by atoms with Crippen molar-refractivity contribution in [1.29, 1.82) is 0 Å². The predicted octanol–water partition coefficient (Wildman–Crippen LogP) is 2.66. The molecule has 68 valence electrons. The normalized spacial score (nSPS) is 10.6. The van der Waals surface area contributed by atoms with Crippen LogP contribution in [0, 0.1) is 0 Å². The molecule has 0 saturated carbocycles. The SMILES string of the molecule is OCc1cc(-c2ccc(Br)s2)on1. The lowest BCUT2D eigenvalue weighted by Gasteiger charge is -1.83.